The van der Waals surface area contributed by atoms with E-state index < -0.39 is 0 Å². The van der Waals surface area contributed by atoms with Gasteiger partial charge in [-0.15, -0.1) is 0 Å². The fourth-order valence-corrected chi connectivity index (χ4v) is 1.80. The number of aromatic nitrogens is 1. The van der Waals surface area contributed by atoms with Gasteiger partial charge in [0, 0.05) is 18.3 Å². The van der Waals surface area contributed by atoms with E-state index in [1.54, 1.807) is 6.20 Å². The maximum absolute atomic E-state index is 11.6. The summed E-state index contributed by atoms with van der Waals surface area (Å²) >= 11 is 0. The van der Waals surface area contributed by atoms with Crippen molar-refractivity contribution in [2.75, 3.05) is 0 Å². The monoisotopic (exact) mass is 214 g/mol. The largest absolute Gasteiger partial charge is 0.329 e. The van der Waals surface area contributed by atoms with Crippen molar-refractivity contribution in [2.45, 2.75) is 13.5 Å². The van der Waals surface area contributed by atoms with E-state index >= 15 is 0 Å². The summed E-state index contributed by atoms with van der Waals surface area (Å²) in [6.45, 7) is 2.28. The third-order valence-electron chi connectivity index (χ3n) is 2.60. The Bertz CT molecular complexity index is 558. The summed E-state index contributed by atoms with van der Waals surface area (Å²) in [5, 5.41) is 0. The Labute approximate surface area is 93.9 Å². The highest BCUT2D eigenvalue weighted by Gasteiger charge is 2.06. The first-order valence-corrected chi connectivity index (χ1v) is 5.20. The molecule has 3 nitrogen and oxygen atoms in total. The molecule has 16 heavy (non-hydrogen) atoms. The first-order valence-electron chi connectivity index (χ1n) is 5.20. The summed E-state index contributed by atoms with van der Waals surface area (Å²) in [6.07, 6.45) is 1.65. The fourth-order valence-electron chi connectivity index (χ4n) is 1.80. The number of nitrogens with one attached hydrogen (secondary N) is 1. The van der Waals surface area contributed by atoms with Gasteiger partial charge in [0.2, 0.25) is 0 Å². The molecule has 0 amide bonds. The molecule has 0 bridgehead atoms. The highest BCUT2D eigenvalue weighted by Crippen LogP contribution is 2.21. The molecule has 1 heterocycles. The molecule has 0 unspecified atom stereocenters. The fraction of sp³-hybridized carbons (Fsp3) is 0.154. The summed E-state index contributed by atoms with van der Waals surface area (Å²) in [6, 6.07) is 9.93. The Balaban J connectivity index is 2.64. The summed E-state index contributed by atoms with van der Waals surface area (Å²) < 4.78 is 0. The highest BCUT2D eigenvalue weighted by molar-refractivity contribution is 5.67. The molecule has 3 N–H and O–H groups in total. The molecule has 0 aliphatic carbocycles. The average Bonchev–Trinajstić information content (AvgIpc) is 2.28. The van der Waals surface area contributed by atoms with Crippen molar-refractivity contribution in [3.05, 3.63) is 58.0 Å². The van der Waals surface area contributed by atoms with Gasteiger partial charge in [0.15, 0.2) is 0 Å². The topological polar surface area (TPSA) is 58.9 Å². The molecule has 0 saturated carbocycles. The summed E-state index contributed by atoms with van der Waals surface area (Å²) in [5.41, 5.74) is 9.24. The molecule has 3 heteroatoms. The number of rotatable bonds is 2. The number of pyridine rings is 1. The lowest BCUT2D eigenvalue weighted by Gasteiger charge is -2.07. The molecule has 82 valence electrons. The van der Waals surface area contributed by atoms with Crippen molar-refractivity contribution in [1.29, 1.82) is 0 Å². The second-order valence-corrected chi connectivity index (χ2v) is 3.77. The van der Waals surface area contributed by atoms with E-state index in [-0.39, 0.29) is 12.1 Å². The zero-order chi connectivity index (χ0) is 11.5. The van der Waals surface area contributed by atoms with Crippen LogP contribution in [0.2, 0.25) is 0 Å². The SMILES string of the molecule is Cc1cccc(-c2cc[nH]c(=O)c2CN)c1. The Kier molecular flexibility index (Phi) is 2.88. The minimum absolute atomic E-state index is 0.110. The zero-order valence-corrected chi connectivity index (χ0v) is 9.16. The number of H-pyrrole nitrogens is 1. The van der Waals surface area contributed by atoms with Crippen LogP contribution in [-0.2, 0) is 6.54 Å². The van der Waals surface area contributed by atoms with Gasteiger partial charge >= 0.3 is 0 Å². The molecule has 0 radical (unpaired) electrons. The Hall–Kier alpha value is -1.87. The predicted molar refractivity (Wildman–Crippen MR) is 65.1 cm³/mol. The number of aryl methyl sites for hydroxylation is 1. The van der Waals surface area contributed by atoms with E-state index in [1.807, 2.05) is 37.3 Å². The molecular weight excluding hydrogens is 200 g/mol. The summed E-state index contributed by atoms with van der Waals surface area (Å²) in [7, 11) is 0. The van der Waals surface area contributed by atoms with Crippen molar-refractivity contribution in [3.63, 3.8) is 0 Å². The lowest BCUT2D eigenvalue weighted by atomic mass is 10.00. The van der Waals surface area contributed by atoms with Crippen molar-refractivity contribution in [3.8, 4) is 11.1 Å². The van der Waals surface area contributed by atoms with Crippen LogP contribution in [0, 0.1) is 6.92 Å². The van der Waals surface area contributed by atoms with Crippen molar-refractivity contribution in [1.82, 2.24) is 4.98 Å². The molecule has 0 aliphatic heterocycles. The number of nitrogens with two attached hydrogens (primary N) is 1. The summed E-state index contributed by atoms with van der Waals surface area (Å²) in [4.78, 5) is 14.2. The first-order chi connectivity index (χ1) is 7.72. The van der Waals surface area contributed by atoms with Gasteiger partial charge < -0.3 is 10.7 Å². The van der Waals surface area contributed by atoms with Crippen LogP contribution in [0.1, 0.15) is 11.1 Å². The smallest absolute Gasteiger partial charge is 0.253 e. The lowest BCUT2D eigenvalue weighted by molar-refractivity contribution is 1.02. The van der Waals surface area contributed by atoms with E-state index in [1.165, 1.54) is 5.56 Å². The molecule has 1 aromatic carbocycles. The van der Waals surface area contributed by atoms with Gasteiger partial charge in [0.05, 0.1) is 0 Å². The maximum Gasteiger partial charge on any atom is 0.253 e. The molecular formula is C13H14N2O. The summed E-state index contributed by atoms with van der Waals surface area (Å²) in [5.74, 6) is 0. The first kappa shape index (κ1) is 10.6. The van der Waals surface area contributed by atoms with Crippen molar-refractivity contribution in [2.24, 2.45) is 5.73 Å². The van der Waals surface area contributed by atoms with E-state index in [0.717, 1.165) is 11.1 Å². The molecule has 0 spiro atoms. The Morgan fingerprint density at radius 1 is 1.31 bits per heavy atom. The van der Waals surface area contributed by atoms with Gasteiger partial charge in [-0.1, -0.05) is 29.8 Å². The number of hydrogen-bond acceptors (Lipinski definition) is 2. The van der Waals surface area contributed by atoms with E-state index in [9.17, 15) is 4.79 Å². The highest BCUT2D eigenvalue weighted by atomic mass is 16.1. The Morgan fingerprint density at radius 2 is 2.12 bits per heavy atom. The minimum Gasteiger partial charge on any atom is -0.329 e. The average molecular weight is 214 g/mol. The molecule has 0 saturated heterocycles. The molecule has 0 fully saturated rings. The number of aromatic amines is 1. The molecule has 2 rings (SSSR count). The third kappa shape index (κ3) is 1.90. The quantitative estimate of drug-likeness (QED) is 0.801. The van der Waals surface area contributed by atoms with E-state index in [0.29, 0.717) is 5.56 Å². The second-order valence-electron chi connectivity index (χ2n) is 3.77. The zero-order valence-electron chi connectivity index (χ0n) is 9.16. The standard InChI is InChI=1S/C13H14N2O/c1-9-3-2-4-10(7-9)11-5-6-15-13(16)12(11)8-14/h2-7H,8,14H2,1H3,(H,15,16). The molecule has 2 aromatic rings. The molecule has 0 aliphatic rings. The van der Waals surface area contributed by atoms with Crippen LogP contribution in [0.15, 0.2) is 41.3 Å². The van der Waals surface area contributed by atoms with Gasteiger partial charge in [0.1, 0.15) is 0 Å². The van der Waals surface area contributed by atoms with Crippen LogP contribution in [0.3, 0.4) is 0 Å². The van der Waals surface area contributed by atoms with Gasteiger partial charge in [-0.3, -0.25) is 4.79 Å². The van der Waals surface area contributed by atoms with Crippen molar-refractivity contribution >= 4 is 0 Å². The third-order valence-corrected chi connectivity index (χ3v) is 2.60. The van der Waals surface area contributed by atoms with E-state index in [2.05, 4.69) is 4.98 Å². The van der Waals surface area contributed by atoms with Gasteiger partial charge in [-0.25, -0.2) is 0 Å². The predicted octanol–water partition coefficient (Wildman–Crippen LogP) is 1.81. The van der Waals surface area contributed by atoms with Crippen molar-refractivity contribution < 1.29 is 0 Å². The van der Waals surface area contributed by atoms with Gasteiger partial charge in [0.25, 0.3) is 5.56 Å². The van der Waals surface area contributed by atoms with Crippen LogP contribution >= 0.6 is 0 Å². The number of hydrogen-bond donors (Lipinski definition) is 2. The minimum atomic E-state index is -0.110. The molecule has 1 aromatic heterocycles. The van der Waals surface area contributed by atoms with Crippen LogP contribution in [-0.4, -0.2) is 4.98 Å². The van der Waals surface area contributed by atoms with E-state index in [4.69, 9.17) is 5.73 Å². The van der Waals surface area contributed by atoms with Crippen LogP contribution in [0.5, 0.6) is 0 Å². The van der Waals surface area contributed by atoms with Gasteiger partial charge in [-0.2, -0.15) is 0 Å². The second kappa shape index (κ2) is 4.33. The normalized spacial score (nSPS) is 10.4. The lowest BCUT2D eigenvalue weighted by Crippen LogP contribution is -2.16. The van der Waals surface area contributed by atoms with Crippen LogP contribution in [0.25, 0.3) is 11.1 Å². The Morgan fingerprint density at radius 3 is 2.81 bits per heavy atom. The van der Waals surface area contributed by atoms with Crippen LogP contribution < -0.4 is 11.3 Å². The molecule has 0 atom stereocenters. The number of benzene rings is 1. The maximum atomic E-state index is 11.6. The van der Waals surface area contributed by atoms with Gasteiger partial charge in [-0.05, 0) is 24.1 Å². The van der Waals surface area contributed by atoms with Crippen LogP contribution in [0.4, 0.5) is 0 Å².